The number of ether oxygens (including phenoxy) is 1. The summed E-state index contributed by atoms with van der Waals surface area (Å²) in [7, 11) is 1.85. The van der Waals surface area contributed by atoms with Crippen molar-refractivity contribution in [2.24, 2.45) is 7.05 Å². The van der Waals surface area contributed by atoms with Gasteiger partial charge in [-0.15, -0.1) is 0 Å². The van der Waals surface area contributed by atoms with Gasteiger partial charge < -0.3 is 4.74 Å². The number of rotatable bonds is 3. The zero-order chi connectivity index (χ0) is 10.7. The Morgan fingerprint density at radius 1 is 1.40 bits per heavy atom. The first-order valence-electron chi connectivity index (χ1n) is 4.60. The molecule has 0 bridgehead atoms. The van der Waals surface area contributed by atoms with Crippen LogP contribution in [0.5, 0.6) is 5.75 Å². The van der Waals surface area contributed by atoms with E-state index in [9.17, 15) is 0 Å². The number of aromatic nitrogens is 2. The Hall–Kier alpha value is -1.48. The molecule has 0 saturated carbocycles. The zero-order valence-electron chi connectivity index (χ0n) is 8.35. The molecular formula is C11H11ClN2O. The van der Waals surface area contributed by atoms with Gasteiger partial charge in [0.05, 0.1) is 12.4 Å². The van der Waals surface area contributed by atoms with Gasteiger partial charge in [-0.1, -0.05) is 29.8 Å². The van der Waals surface area contributed by atoms with Crippen molar-refractivity contribution < 1.29 is 4.74 Å². The lowest BCUT2D eigenvalue weighted by Gasteiger charge is -2.04. The fraction of sp³-hybridized carbons (Fsp3) is 0.182. The highest BCUT2D eigenvalue weighted by Crippen LogP contribution is 2.17. The van der Waals surface area contributed by atoms with E-state index in [1.54, 1.807) is 10.9 Å². The van der Waals surface area contributed by atoms with E-state index in [0.717, 1.165) is 16.3 Å². The van der Waals surface area contributed by atoms with Crippen molar-refractivity contribution in [2.75, 3.05) is 0 Å². The second-order valence-electron chi connectivity index (χ2n) is 3.23. The molecule has 0 atom stereocenters. The van der Waals surface area contributed by atoms with E-state index in [2.05, 4.69) is 5.10 Å². The van der Waals surface area contributed by atoms with Crippen molar-refractivity contribution in [3.8, 4) is 5.75 Å². The molecule has 1 aromatic carbocycles. The Morgan fingerprint density at radius 2 is 2.20 bits per heavy atom. The second-order valence-corrected chi connectivity index (χ2v) is 3.64. The van der Waals surface area contributed by atoms with Crippen LogP contribution in [0.3, 0.4) is 0 Å². The molecule has 4 heteroatoms. The minimum atomic E-state index is 0.464. The number of aryl methyl sites for hydroxylation is 1. The predicted octanol–water partition coefficient (Wildman–Crippen LogP) is 2.65. The van der Waals surface area contributed by atoms with Gasteiger partial charge in [0.1, 0.15) is 6.61 Å². The molecule has 0 aliphatic carbocycles. The maximum absolute atomic E-state index is 5.99. The summed E-state index contributed by atoms with van der Waals surface area (Å²) in [5, 5.41) is 4.73. The van der Waals surface area contributed by atoms with Gasteiger partial charge in [-0.25, -0.2) is 0 Å². The summed E-state index contributed by atoms with van der Waals surface area (Å²) in [4.78, 5) is 0. The highest BCUT2D eigenvalue weighted by Gasteiger charge is 2.01. The number of nitrogens with zero attached hydrogens (tertiary/aromatic N) is 2. The fourth-order valence-electron chi connectivity index (χ4n) is 1.25. The highest BCUT2D eigenvalue weighted by atomic mass is 35.5. The molecule has 0 N–H and O–H groups in total. The molecule has 0 saturated heterocycles. The molecule has 78 valence electrons. The SMILES string of the molecule is Cn1cc(OCc2ccccc2Cl)cn1. The van der Waals surface area contributed by atoms with Crippen molar-refractivity contribution in [3.05, 3.63) is 47.2 Å². The maximum Gasteiger partial charge on any atom is 0.157 e. The Labute approximate surface area is 93.2 Å². The largest absolute Gasteiger partial charge is 0.486 e. The summed E-state index contributed by atoms with van der Waals surface area (Å²) in [6.07, 6.45) is 3.49. The first kappa shape index (κ1) is 10.1. The van der Waals surface area contributed by atoms with Gasteiger partial charge in [0.25, 0.3) is 0 Å². The van der Waals surface area contributed by atoms with Gasteiger partial charge in [-0.2, -0.15) is 5.10 Å². The zero-order valence-corrected chi connectivity index (χ0v) is 9.11. The summed E-state index contributed by atoms with van der Waals surface area (Å²) < 4.78 is 7.22. The van der Waals surface area contributed by atoms with Gasteiger partial charge in [-0.3, -0.25) is 4.68 Å². The van der Waals surface area contributed by atoms with E-state index >= 15 is 0 Å². The molecule has 0 unspecified atom stereocenters. The highest BCUT2D eigenvalue weighted by molar-refractivity contribution is 6.31. The first-order valence-corrected chi connectivity index (χ1v) is 4.98. The van der Waals surface area contributed by atoms with Crippen LogP contribution in [0.2, 0.25) is 5.02 Å². The van der Waals surface area contributed by atoms with Gasteiger partial charge >= 0.3 is 0 Å². The molecule has 3 nitrogen and oxygen atoms in total. The molecule has 2 rings (SSSR count). The van der Waals surface area contributed by atoms with Gasteiger partial charge in [-0.05, 0) is 6.07 Å². The molecule has 0 amide bonds. The van der Waals surface area contributed by atoms with Crippen LogP contribution in [0.4, 0.5) is 0 Å². The molecule has 0 radical (unpaired) electrons. The number of halogens is 1. The van der Waals surface area contributed by atoms with Crippen molar-refractivity contribution >= 4 is 11.6 Å². The van der Waals surface area contributed by atoms with Gasteiger partial charge in [0.2, 0.25) is 0 Å². The Bertz CT molecular complexity index is 453. The summed E-state index contributed by atoms with van der Waals surface area (Å²) in [6, 6.07) is 7.63. The third-order valence-corrected chi connectivity index (χ3v) is 2.40. The van der Waals surface area contributed by atoms with Crippen LogP contribution in [-0.2, 0) is 13.7 Å². The lowest BCUT2D eigenvalue weighted by Crippen LogP contribution is -1.95. The molecule has 15 heavy (non-hydrogen) atoms. The molecule has 1 aromatic heterocycles. The minimum Gasteiger partial charge on any atom is -0.486 e. The molecular weight excluding hydrogens is 212 g/mol. The van der Waals surface area contributed by atoms with Crippen molar-refractivity contribution in [1.29, 1.82) is 0 Å². The molecule has 0 aliphatic rings. The fourth-order valence-corrected chi connectivity index (χ4v) is 1.44. The van der Waals surface area contributed by atoms with Crippen LogP contribution in [0.1, 0.15) is 5.56 Å². The van der Waals surface area contributed by atoms with E-state index in [-0.39, 0.29) is 0 Å². The molecule has 0 fully saturated rings. The van der Waals surface area contributed by atoms with Crippen LogP contribution in [-0.4, -0.2) is 9.78 Å². The van der Waals surface area contributed by atoms with Crippen molar-refractivity contribution in [1.82, 2.24) is 9.78 Å². The lowest BCUT2D eigenvalue weighted by atomic mass is 10.2. The second kappa shape index (κ2) is 4.36. The summed E-state index contributed by atoms with van der Waals surface area (Å²) in [6.45, 7) is 0.464. The number of benzene rings is 1. The van der Waals surface area contributed by atoms with E-state index in [4.69, 9.17) is 16.3 Å². The Balaban J connectivity index is 2.02. The summed E-state index contributed by atoms with van der Waals surface area (Å²) >= 11 is 5.99. The normalized spacial score (nSPS) is 10.3. The van der Waals surface area contributed by atoms with Crippen LogP contribution in [0, 0.1) is 0 Å². The topological polar surface area (TPSA) is 27.1 Å². The molecule has 1 heterocycles. The van der Waals surface area contributed by atoms with Crippen molar-refractivity contribution in [2.45, 2.75) is 6.61 Å². The van der Waals surface area contributed by atoms with Crippen LogP contribution in [0.25, 0.3) is 0 Å². The quantitative estimate of drug-likeness (QED) is 0.799. The minimum absolute atomic E-state index is 0.464. The van der Waals surface area contributed by atoms with E-state index in [1.807, 2.05) is 37.5 Å². The molecule has 0 aliphatic heterocycles. The van der Waals surface area contributed by atoms with E-state index in [1.165, 1.54) is 0 Å². The number of hydrogen-bond acceptors (Lipinski definition) is 2. The Kier molecular flexibility index (Phi) is 2.92. The van der Waals surface area contributed by atoms with Crippen LogP contribution >= 0.6 is 11.6 Å². The Morgan fingerprint density at radius 3 is 2.87 bits per heavy atom. The third kappa shape index (κ3) is 2.50. The average molecular weight is 223 g/mol. The summed E-state index contributed by atoms with van der Waals surface area (Å²) in [5.41, 5.74) is 0.975. The third-order valence-electron chi connectivity index (χ3n) is 2.03. The van der Waals surface area contributed by atoms with Gasteiger partial charge in [0, 0.05) is 17.6 Å². The van der Waals surface area contributed by atoms with Crippen LogP contribution < -0.4 is 4.74 Å². The van der Waals surface area contributed by atoms with E-state index in [0.29, 0.717) is 6.61 Å². The van der Waals surface area contributed by atoms with Crippen molar-refractivity contribution in [3.63, 3.8) is 0 Å². The summed E-state index contributed by atoms with van der Waals surface area (Å²) in [5.74, 6) is 0.748. The van der Waals surface area contributed by atoms with E-state index < -0.39 is 0 Å². The van der Waals surface area contributed by atoms with Crippen LogP contribution in [0.15, 0.2) is 36.7 Å². The molecule has 2 aromatic rings. The smallest absolute Gasteiger partial charge is 0.157 e. The number of hydrogen-bond donors (Lipinski definition) is 0. The molecule has 0 spiro atoms. The average Bonchev–Trinajstić information content (AvgIpc) is 2.63. The predicted molar refractivity (Wildman–Crippen MR) is 59.0 cm³/mol. The first-order chi connectivity index (χ1) is 7.25. The monoisotopic (exact) mass is 222 g/mol. The standard InChI is InChI=1S/C11H11ClN2O/c1-14-7-10(6-13-14)15-8-9-4-2-3-5-11(9)12/h2-7H,8H2,1H3. The maximum atomic E-state index is 5.99. The lowest BCUT2D eigenvalue weighted by molar-refractivity contribution is 0.306. The van der Waals surface area contributed by atoms with Gasteiger partial charge in [0.15, 0.2) is 5.75 Å².